The van der Waals surface area contributed by atoms with Crippen LogP contribution in [-0.2, 0) is 13.1 Å². The Morgan fingerprint density at radius 2 is 2.06 bits per heavy atom. The number of rotatable bonds is 4. The van der Waals surface area contributed by atoms with Crippen molar-refractivity contribution in [1.29, 1.82) is 0 Å². The first kappa shape index (κ1) is 10.5. The number of benzene rings is 1. The summed E-state index contributed by atoms with van der Waals surface area (Å²) in [4.78, 5) is 0. The maximum atomic E-state index is 5.64. The molecule has 1 aromatic carbocycles. The highest BCUT2D eigenvalue weighted by molar-refractivity contribution is 5.23. The van der Waals surface area contributed by atoms with Crippen molar-refractivity contribution >= 4 is 0 Å². The molecule has 88 valence electrons. The van der Waals surface area contributed by atoms with Crippen molar-refractivity contribution in [2.45, 2.75) is 31.8 Å². The van der Waals surface area contributed by atoms with Gasteiger partial charge in [0.05, 0.1) is 12.2 Å². The molecule has 3 heteroatoms. The molecule has 0 spiro atoms. The number of nitrogens with two attached hydrogens (primary N) is 1. The van der Waals surface area contributed by atoms with Gasteiger partial charge in [0, 0.05) is 18.7 Å². The van der Waals surface area contributed by atoms with E-state index in [4.69, 9.17) is 5.73 Å². The van der Waals surface area contributed by atoms with E-state index in [0.717, 1.165) is 12.5 Å². The predicted octanol–water partition coefficient (Wildman–Crippen LogP) is 2.27. The molecule has 0 bridgehead atoms. The van der Waals surface area contributed by atoms with E-state index >= 15 is 0 Å². The van der Waals surface area contributed by atoms with Crippen molar-refractivity contribution in [2.24, 2.45) is 5.73 Å². The van der Waals surface area contributed by atoms with Crippen molar-refractivity contribution in [1.82, 2.24) is 9.78 Å². The van der Waals surface area contributed by atoms with Gasteiger partial charge in [0.2, 0.25) is 0 Å². The first-order valence-corrected chi connectivity index (χ1v) is 6.16. The molecular weight excluding hydrogens is 210 g/mol. The summed E-state index contributed by atoms with van der Waals surface area (Å²) in [6.45, 7) is 1.43. The summed E-state index contributed by atoms with van der Waals surface area (Å²) in [6, 6.07) is 10.5. The second kappa shape index (κ2) is 4.34. The lowest BCUT2D eigenvalue weighted by atomic mass is 10.1. The van der Waals surface area contributed by atoms with Crippen molar-refractivity contribution in [3.05, 3.63) is 53.3 Å². The summed E-state index contributed by atoms with van der Waals surface area (Å²) in [5.74, 6) is 0.728. The smallest absolute Gasteiger partial charge is 0.0659 e. The summed E-state index contributed by atoms with van der Waals surface area (Å²) in [5.41, 5.74) is 9.33. The standard InChI is InChI=1S/C14H17N3/c15-9-11-2-1-3-12(8-11)10-17-7-6-14(16-17)13-4-5-13/h1-3,6-8,13H,4-5,9-10,15H2. The van der Waals surface area contributed by atoms with E-state index in [0.29, 0.717) is 6.54 Å². The second-order valence-corrected chi connectivity index (χ2v) is 4.74. The van der Waals surface area contributed by atoms with Gasteiger partial charge in [-0.25, -0.2) is 0 Å². The van der Waals surface area contributed by atoms with Crippen LogP contribution in [0.1, 0.15) is 35.6 Å². The average molecular weight is 227 g/mol. The van der Waals surface area contributed by atoms with E-state index in [-0.39, 0.29) is 0 Å². The maximum Gasteiger partial charge on any atom is 0.0659 e. The first-order chi connectivity index (χ1) is 8.35. The zero-order chi connectivity index (χ0) is 11.7. The van der Waals surface area contributed by atoms with Gasteiger partial charge >= 0.3 is 0 Å². The van der Waals surface area contributed by atoms with E-state index < -0.39 is 0 Å². The van der Waals surface area contributed by atoms with Gasteiger partial charge in [0.15, 0.2) is 0 Å². The monoisotopic (exact) mass is 227 g/mol. The Morgan fingerprint density at radius 1 is 1.24 bits per heavy atom. The van der Waals surface area contributed by atoms with Crippen LogP contribution in [0.25, 0.3) is 0 Å². The third kappa shape index (κ3) is 2.39. The van der Waals surface area contributed by atoms with Crippen LogP contribution in [0.5, 0.6) is 0 Å². The molecule has 2 aromatic rings. The molecule has 0 aliphatic heterocycles. The molecule has 3 rings (SSSR count). The van der Waals surface area contributed by atoms with Crippen molar-refractivity contribution < 1.29 is 0 Å². The Kier molecular flexibility index (Phi) is 2.69. The van der Waals surface area contributed by atoms with Crippen molar-refractivity contribution in [3.8, 4) is 0 Å². The quantitative estimate of drug-likeness (QED) is 0.870. The van der Waals surface area contributed by atoms with Gasteiger partial charge in [0.25, 0.3) is 0 Å². The fourth-order valence-corrected chi connectivity index (χ4v) is 2.10. The zero-order valence-corrected chi connectivity index (χ0v) is 9.84. The zero-order valence-electron chi connectivity index (χ0n) is 9.84. The summed E-state index contributed by atoms with van der Waals surface area (Å²) in [6.07, 6.45) is 4.68. The highest BCUT2D eigenvalue weighted by atomic mass is 15.3. The molecular formula is C14H17N3. The number of aromatic nitrogens is 2. The van der Waals surface area contributed by atoms with Gasteiger partial charge in [-0.05, 0) is 30.0 Å². The largest absolute Gasteiger partial charge is 0.326 e. The number of hydrogen-bond donors (Lipinski definition) is 1. The number of hydrogen-bond acceptors (Lipinski definition) is 2. The summed E-state index contributed by atoms with van der Waals surface area (Å²) in [5, 5.41) is 4.61. The SMILES string of the molecule is NCc1cccc(Cn2ccc(C3CC3)n2)c1. The van der Waals surface area contributed by atoms with E-state index in [1.807, 2.05) is 4.68 Å². The van der Waals surface area contributed by atoms with E-state index in [1.54, 1.807) is 0 Å². The Morgan fingerprint density at radius 3 is 2.82 bits per heavy atom. The molecule has 17 heavy (non-hydrogen) atoms. The Labute approximate surface area is 101 Å². The highest BCUT2D eigenvalue weighted by Gasteiger charge is 2.25. The molecule has 1 aliphatic rings. The minimum absolute atomic E-state index is 0.597. The fraction of sp³-hybridized carbons (Fsp3) is 0.357. The van der Waals surface area contributed by atoms with Crippen LogP contribution < -0.4 is 5.73 Å². The minimum atomic E-state index is 0.597. The molecule has 3 nitrogen and oxygen atoms in total. The Balaban J connectivity index is 1.75. The van der Waals surface area contributed by atoms with Gasteiger partial charge in [-0.2, -0.15) is 5.10 Å². The molecule has 1 heterocycles. The van der Waals surface area contributed by atoms with Gasteiger partial charge < -0.3 is 5.73 Å². The Bertz CT molecular complexity index is 512. The molecule has 0 atom stereocenters. The molecule has 1 fully saturated rings. The maximum absolute atomic E-state index is 5.64. The minimum Gasteiger partial charge on any atom is -0.326 e. The molecule has 0 amide bonds. The van der Waals surface area contributed by atoms with Gasteiger partial charge in [-0.3, -0.25) is 4.68 Å². The van der Waals surface area contributed by atoms with Crippen LogP contribution in [0.3, 0.4) is 0 Å². The second-order valence-electron chi connectivity index (χ2n) is 4.74. The predicted molar refractivity (Wildman–Crippen MR) is 67.6 cm³/mol. The third-order valence-electron chi connectivity index (χ3n) is 3.23. The van der Waals surface area contributed by atoms with Crippen LogP contribution in [0, 0.1) is 0 Å². The van der Waals surface area contributed by atoms with Gasteiger partial charge in [0.1, 0.15) is 0 Å². The van der Waals surface area contributed by atoms with Gasteiger partial charge in [-0.1, -0.05) is 24.3 Å². The lowest BCUT2D eigenvalue weighted by Crippen LogP contribution is -2.03. The van der Waals surface area contributed by atoms with E-state index in [1.165, 1.54) is 29.7 Å². The van der Waals surface area contributed by atoms with Crippen LogP contribution >= 0.6 is 0 Å². The highest BCUT2D eigenvalue weighted by Crippen LogP contribution is 2.38. The molecule has 1 aliphatic carbocycles. The average Bonchev–Trinajstić information content (AvgIpc) is 3.11. The van der Waals surface area contributed by atoms with E-state index in [9.17, 15) is 0 Å². The normalized spacial score (nSPS) is 15.1. The van der Waals surface area contributed by atoms with Crippen LogP contribution in [0.4, 0.5) is 0 Å². The fourth-order valence-electron chi connectivity index (χ4n) is 2.10. The molecule has 0 radical (unpaired) electrons. The van der Waals surface area contributed by atoms with Crippen LogP contribution in [-0.4, -0.2) is 9.78 Å². The lowest BCUT2D eigenvalue weighted by Gasteiger charge is -2.04. The summed E-state index contributed by atoms with van der Waals surface area (Å²) >= 11 is 0. The van der Waals surface area contributed by atoms with Gasteiger partial charge in [-0.15, -0.1) is 0 Å². The van der Waals surface area contributed by atoms with E-state index in [2.05, 4.69) is 41.6 Å². The third-order valence-corrected chi connectivity index (χ3v) is 3.23. The van der Waals surface area contributed by atoms with Crippen LogP contribution in [0.2, 0.25) is 0 Å². The molecule has 2 N–H and O–H groups in total. The van der Waals surface area contributed by atoms with Crippen molar-refractivity contribution in [2.75, 3.05) is 0 Å². The Hall–Kier alpha value is -1.61. The summed E-state index contributed by atoms with van der Waals surface area (Å²) < 4.78 is 2.02. The molecule has 0 unspecified atom stereocenters. The topological polar surface area (TPSA) is 43.8 Å². The number of nitrogens with zero attached hydrogens (tertiary/aromatic N) is 2. The first-order valence-electron chi connectivity index (χ1n) is 6.16. The molecule has 1 aromatic heterocycles. The lowest BCUT2D eigenvalue weighted by molar-refractivity contribution is 0.671. The summed E-state index contributed by atoms with van der Waals surface area (Å²) in [7, 11) is 0. The van der Waals surface area contributed by atoms with Crippen molar-refractivity contribution in [3.63, 3.8) is 0 Å². The molecule has 0 saturated heterocycles. The van der Waals surface area contributed by atoms with Crippen LogP contribution in [0.15, 0.2) is 36.5 Å². The molecule has 1 saturated carbocycles.